The van der Waals surface area contributed by atoms with Crippen LogP contribution in [-0.2, 0) is 14.2 Å². The highest BCUT2D eigenvalue weighted by atomic mass is 35.5. The molecule has 9 heteroatoms. The van der Waals surface area contributed by atoms with Crippen molar-refractivity contribution in [2.24, 2.45) is 0 Å². The molecular formula is C13H15ClN4O4. The Morgan fingerprint density at radius 3 is 2.91 bits per heavy atom. The number of fused-ring (bicyclic) bond motifs is 2. The minimum absolute atomic E-state index is 0.149. The Balaban J connectivity index is 1.77. The molecule has 0 saturated carbocycles. The van der Waals surface area contributed by atoms with E-state index >= 15 is 0 Å². The molecule has 0 amide bonds. The highest BCUT2D eigenvalue weighted by Crippen LogP contribution is 2.43. The van der Waals surface area contributed by atoms with Crippen molar-refractivity contribution in [1.82, 2.24) is 19.7 Å². The van der Waals surface area contributed by atoms with Crippen LogP contribution >= 0.6 is 11.6 Å². The van der Waals surface area contributed by atoms with E-state index in [0.717, 1.165) is 0 Å². The topological polar surface area (TPSA) is 91.5 Å². The molecule has 2 aliphatic heterocycles. The smallest absolute Gasteiger partial charge is 0.179 e. The summed E-state index contributed by atoms with van der Waals surface area (Å²) in [5, 5.41) is 17.4. The van der Waals surface area contributed by atoms with Crippen LogP contribution in [0.1, 0.15) is 20.1 Å². The predicted molar refractivity (Wildman–Crippen MR) is 75.2 cm³/mol. The number of aliphatic hydroxyl groups excluding tert-OH is 1. The standard InChI is InChI=1S/C13H15ClN4O4/c1-13(2)21-9-7(4-19)20-12(10(9)22-13)18-5-15-8-6(18)3-16-17-11(8)14/h3,5,7,9-10,12,19H,4H2,1-2H3/t7?,9-,10-,12?/m1/s1. The number of rotatable bonds is 2. The highest BCUT2D eigenvalue weighted by molar-refractivity contribution is 6.33. The van der Waals surface area contributed by atoms with Gasteiger partial charge in [0.1, 0.15) is 23.8 Å². The Bertz CT molecular complexity index is 721. The molecule has 0 bridgehead atoms. The summed E-state index contributed by atoms with van der Waals surface area (Å²) in [6.07, 6.45) is 1.55. The number of halogens is 1. The molecule has 4 heterocycles. The molecular weight excluding hydrogens is 312 g/mol. The Kier molecular flexibility index (Phi) is 3.14. The van der Waals surface area contributed by atoms with Crippen molar-refractivity contribution >= 4 is 22.6 Å². The molecule has 2 saturated heterocycles. The van der Waals surface area contributed by atoms with Gasteiger partial charge < -0.3 is 19.3 Å². The van der Waals surface area contributed by atoms with Crippen molar-refractivity contribution in [3.63, 3.8) is 0 Å². The number of aliphatic hydroxyl groups is 1. The van der Waals surface area contributed by atoms with E-state index in [2.05, 4.69) is 15.2 Å². The summed E-state index contributed by atoms with van der Waals surface area (Å²) in [6, 6.07) is 0. The number of imidazole rings is 1. The fourth-order valence-electron chi connectivity index (χ4n) is 3.07. The van der Waals surface area contributed by atoms with Gasteiger partial charge in [-0.3, -0.25) is 4.57 Å². The maximum Gasteiger partial charge on any atom is 0.179 e. The van der Waals surface area contributed by atoms with Crippen LogP contribution in [0.15, 0.2) is 12.5 Å². The summed E-state index contributed by atoms with van der Waals surface area (Å²) in [4.78, 5) is 4.25. The first-order valence-electron chi connectivity index (χ1n) is 6.96. The van der Waals surface area contributed by atoms with Crippen molar-refractivity contribution < 1.29 is 19.3 Å². The van der Waals surface area contributed by atoms with E-state index in [0.29, 0.717) is 11.0 Å². The summed E-state index contributed by atoms with van der Waals surface area (Å²) < 4.78 is 19.5. The SMILES string of the molecule is CC1(C)O[C@@H]2C(CO)OC(n3cnc4c(Cl)nncc43)[C@@H]2O1. The Morgan fingerprint density at radius 2 is 2.14 bits per heavy atom. The van der Waals surface area contributed by atoms with Crippen LogP contribution in [0.3, 0.4) is 0 Å². The molecule has 0 radical (unpaired) electrons. The first kappa shape index (κ1) is 14.3. The average Bonchev–Trinajstić information content (AvgIpc) is 3.10. The molecule has 4 atom stereocenters. The predicted octanol–water partition coefficient (Wildman–Crippen LogP) is 0.889. The second-order valence-corrected chi connectivity index (χ2v) is 6.19. The van der Waals surface area contributed by atoms with E-state index in [1.807, 2.05) is 13.8 Å². The third kappa shape index (κ3) is 2.03. The molecule has 4 rings (SSSR count). The molecule has 22 heavy (non-hydrogen) atoms. The van der Waals surface area contributed by atoms with Gasteiger partial charge >= 0.3 is 0 Å². The van der Waals surface area contributed by atoms with Gasteiger partial charge in [0.25, 0.3) is 0 Å². The van der Waals surface area contributed by atoms with Gasteiger partial charge in [0.2, 0.25) is 0 Å². The lowest BCUT2D eigenvalue weighted by Crippen LogP contribution is -2.31. The number of ether oxygens (including phenoxy) is 3. The molecule has 2 unspecified atom stereocenters. The fraction of sp³-hybridized carbons (Fsp3) is 0.615. The van der Waals surface area contributed by atoms with Crippen LogP contribution < -0.4 is 0 Å². The molecule has 2 fully saturated rings. The van der Waals surface area contributed by atoms with Crippen LogP contribution in [0.5, 0.6) is 0 Å². The molecule has 8 nitrogen and oxygen atoms in total. The van der Waals surface area contributed by atoms with Gasteiger partial charge in [0, 0.05) is 0 Å². The third-order valence-electron chi connectivity index (χ3n) is 3.93. The zero-order valence-electron chi connectivity index (χ0n) is 12.0. The van der Waals surface area contributed by atoms with Gasteiger partial charge in [-0.1, -0.05) is 11.6 Å². The largest absolute Gasteiger partial charge is 0.394 e. The van der Waals surface area contributed by atoms with Crippen molar-refractivity contribution in [2.75, 3.05) is 6.61 Å². The van der Waals surface area contributed by atoms with E-state index in [9.17, 15) is 5.11 Å². The second kappa shape index (κ2) is 4.84. The van der Waals surface area contributed by atoms with Crippen LogP contribution in [0, 0.1) is 0 Å². The van der Waals surface area contributed by atoms with Crippen LogP contribution in [0.4, 0.5) is 0 Å². The molecule has 0 spiro atoms. The van der Waals surface area contributed by atoms with E-state index < -0.39 is 18.1 Å². The summed E-state index contributed by atoms with van der Waals surface area (Å²) >= 11 is 6.00. The van der Waals surface area contributed by atoms with Gasteiger partial charge in [0.05, 0.1) is 24.6 Å². The van der Waals surface area contributed by atoms with E-state index in [-0.39, 0.29) is 24.0 Å². The molecule has 2 aromatic rings. The second-order valence-electron chi connectivity index (χ2n) is 5.83. The average molecular weight is 327 g/mol. The fourth-order valence-corrected chi connectivity index (χ4v) is 3.26. The van der Waals surface area contributed by atoms with Crippen molar-refractivity contribution in [3.05, 3.63) is 17.7 Å². The lowest BCUT2D eigenvalue weighted by atomic mass is 10.1. The van der Waals surface area contributed by atoms with Gasteiger partial charge in [0.15, 0.2) is 17.2 Å². The van der Waals surface area contributed by atoms with Crippen LogP contribution in [0.2, 0.25) is 5.15 Å². The molecule has 2 aliphatic rings. The zero-order valence-corrected chi connectivity index (χ0v) is 12.8. The van der Waals surface area contributed by atoms with Crippen LogP contribution in [-0.4, -0.2) is 55.6 Å². The Labute approximate surface area is 131 Å². The number of aromatic nitrogens is 4. The van der Waals surface area contributed by atoms with Crippen molar-refractivity contribution in [2.45, 2.75) is 44.2 Å². The summed E-state index contributed by atoms with van der Waals surface area (Å²) in [5.41, 5.74) is 1.23. The molecule has 0 aromatic carbocycles. The first-order valence-corrected chi connectivity index (χ1v) is 7.33. The van der Waals surface area contributed by atoms with Crippen molar-refractivity contribution in [1.29, 1.82) is 0 Å². The van der Waals surface area contributed by atoms with Crippen molar-refractivity contribution in [3.8, 4) is 0 Å². The molecule has 2 aromatic heterocycles. The summed E-state index contributed by atoms with van der Waals surface area (Å²) in [5.74, 6) is -0.724. The van der Waals surface area contributed by atoms with E-state index in [1.165, 1.54) is 0 Å². The maximum atomic E-state index is 9.53. The quantitative estimate of drug-likeness (QED) is 0.876. The number of hydrogen-bond acceptors (Lipinski definition) is 7. The minimum atomic E-state index is -0.724. The molecule has 0 aliphatic carbocycles. The lowest BCUT2D eigenvalue weighted by molar-refractivity contribution is -0.199. The third-order valence-corrected chi connectivity index (χ3v) is 4.19. The molecule has 1 N–H and O–H groups in total. The maximum absolute atomic E-state index is 9.53. The van der Waals surface area contributed by atoms with Gasteiger partial charge in [-0.05, 0) is 13.8 Å². The summed E-state index contributed by atoms with van der Waals surface area (Å²) in [6.45, 7) is 3.53. The lowest BCUT2D eigenvalue weighted by Gasteiger charge is -2.24. The Morgan fingerprint density at radius 1 is 1.36 bits per heavy atom. The van der Waals surface area contributed by atoms with E-state index in [1.54, 1.807) is 17.1 Å². The number of hydrogen-bond donors (Lipinski definition) is 1. The minimum Gasteiger partial charge on any atom is -0.394 e. The highest BCUT2D eigenvalue weighted by Gasteiger charge is 2.55. The van der Waals surface area contributed by atoms with Crippen LogP contribution in [0.25, 0.3) is 11.0 Å². The van der Waals surface area contributed by atoms with Gasteiger partial charge in [-0.25, -0.2) is 4.98 Å². The molecule has 118 valence electrons. The summed E-state index contributed by atoms with van der Waals surface area (Å²) in [7, 11) is 0. The first-order chi connectivity index (χ1) is 10.5. The van der Waals surface area contributed by atoms with E-state index in [4.69, 9.17) is 25.8 Å². The normalized spacial score (nSPS) is 33.5. The monoisotopic (exact) mass is 326 g/mol. The number of nitrogens with zero attached hydrogens (tertiary/aromatic N) is 4. The Hall–Kier alpha value is -1.32. The zero-order chi connectivity index (χ0) is 15.5. The van der Waals surface area contributed by atoms with Gasteiger partial charge in [-0.15, -0.1) is 5.10 Å². The van der Waals surface area contributed by atoms with Gasteiger partial charge in [-0.2, -0.15) is 5.10 Å².